The van der Waals surface area contributed by atoms with Crippen LogP contribution in [0, 0.1) is 0 Å². The Bertz CT molecular complexity index is 469. The highest BCUT2D eigenvalue weighted by molar-refractivity contribution is 6.63. The Hall–Kier alpha value is -1.04. The van der Waals surface area contributed by atoms with E-state index in [0.717, 1.165) is 16.8 Å². The number of hydrogen-bond acceptors (Lipinski definition) is 4. The number of benzene rings is 1. The van der Waals surface area contributed by atoms with Crippen LogP contribution >= 0.6 is 0 Å². The van der Waals surface area contributed by atoms with Gasteiger partial charge in [-0.1, -0.05) is 12.1 Å². The van der Waals surface area contributed by atoms with Crippen LogP contribution in [-0.2, 0) is 20.7 Å². The van der Waals surface area contributed by atoms with Crippen molar-refractivity contribution in [2.24, 2.45) is 0 Å². The molecule has 1 saturated heterocycles. The van der Waals surface area contributed by atoms with E-state index in [1.165, 1.54) is 0 Å². The van der Waals surface area contributed by atoms with Crippen molar-refractivity contribution in [2.75, 3.05) is 14.2 Å². The van der Waals surface area contributed by atoms with Gasteiger partial charge in [-0.2, -0.15) is 0 Å². The van der Waals surface area contributed by atoms with Gasteiger partial charge in [0.05, 0.1) is 24.9 Å². The minimum Gasteiger partial charge on any atom is -0.497 e. The summed E-state index contributed by atoms with van der Waals surface area (Å²) in [7, 11) is 2.91. The molecular weight excluding hydrogens is 255 g/mol. The fraction of sp³-hybridized carbons (Fsp3) is 0.600. The third-order valence-electron chi connectivity index (χ3n) is 4.11. The lowest BCUT2D eigenvalue weighted by Crippen LogP contribution is -2.41. The summed E-state index contributed by atoms with van der Waals surface area (Å²) >= 11 is 0. The Morgan fingerprint density at radius 2 is 1.65 bits per heavy atom. The van der Waals surface area contributed by atoms with E-state index in [2.05, 4.69) is 0 Å². The average molecular weight is 278 g/mol. The number of hydrogen-bond donors (Lipinski definition) is 0. The van der Waals surface area contributed by atoms with E-state index in [1.54, 1.807) is 14.2 Å². The third kappa shape index (κ3) is 2.71. The highest BCUT2D eigenvalue weighted by Crippen LogP contribution is 2.37. The fourth-order valence-electron chi connectivity index (χ4n) is 2.19. The Kier molecular flexibility index (Phi) is 4.14. The second-order valence-corrected chi connectivity index (χ2v) is 6.10. The predicted molar refractivity (Wildman–Crippen MR) is 79.4 cm³/mol. The molecule has 0 aliphatic carbocycles. The maximum absolute atomic E-state index is 6.08. The molecule has 20 heavy (non-hydrogen) atoms. The molecule has 1 heterocycles. The maximum Gasteiger partial charge on any atom is 0.498 e. The number of ether oxygens (including phenoxy) is 2. The van der Waals surface area contributed by atoms with Crippen molar-refractivity contribution in [2.45, 2.75) is 45.5 Å². The molecule has 1 aromatic rings. The standard InChI is InChI=1S/C15H23BO4/c1-14(2)15(3,4)20-16(19-14)12-9-11(10-17-5)7-8-13(12)18-6/h7-9H,10H2,1-6H3. The molecule has 0 aromatic heterocycles. The first-order chi connectivity index (χ1) is 9.30. The van der Waals surface area contributed by atoms with Crippen LogP contribution in [0.5, 0.6) is 5.75 Å². The van der Waals surface area contributed by atoms with Crippen LogP contribution in [0.2, 0.25) is 0 Å². The van der Waals surface area contributed by atoms with Crippen molar-refractivity contribution in [3.8, 4) is 5.75 Å². The molecule has 0 spiro atoms. The van der Waals surface area contributed by atoms with E-state index >= 15 is 0 Å². The molecule has 0 atom stereocenters. The van der Waals surface area contributed by atoms with E-state index < -0.39 is 7.12 Å². The topological polar surface area (TPSA) is 36.9 Å². The number of methoxy groups -OCH3 is 2. The zero-order valence-electron chi connectivity index (χ0n) is 13.1. The minimum absolute atomic E-state index is 0.361. The molecule has 0 unspecified atom stereocenters. The highest BCUT2D eigenvalue weighted by atomic mass is 16.7. The van der Waals surface area contributed by atoms with Crippen LogP contribution in [0.15, 0.2) is 18.2 Å². The minimum atomic E-state index is -0.424. The molecule has 1 fully saturated rings. The van der Waals surface area contributed by atoms with Crippen LogP contribution in [0.1, 0.15) is 33.3 Å². The van der Waals surface area contributed by atoms with E-state index in [-0.39, 0.29) is 11.2 Å². The van der Waals surface area contributed by atoms with Crippen molar-refractivity contribution in [3.63, 3.8) is 0 Å². The lowest BCUT2D eigenvalue weighted by Gasteiger charge is -2.32. The largest absolute Gasteiger partial charge is 0.498 e. The molecule has 2 rings (SSSR count). The van der Waals surface area contributed by atoms with Crippen molar-refractivity contribution in [3.05, 3.63) is 23.8 Å². The van der Waals surface area contributed by atoms with Crippen molar-refractivity contribution in [1.29, 1.82) is 0 Å². The van der Waals surface area contributed by atoms with E-state index in [4.69, 9.17) is 18.8 Å². The smallest absolute Gasteiger partial charge is 0.497 e. The summed E-state index contributed by atoms with van der Waals surface area (Å²) in [6.45, 7) is 8.71. The second-order valence-electron chi connectivity index (χ2n) is 6.10. The van der Waals surface area contributed by atoms with Crippen LogP contribution in [0.25, 0.3) is 0 Å². The van der Waals surface area contributed by atoms with E-state index in [1.807, 2.05) is 45.9 Å². The molecule has 110 valence electrons. The number of rotatable bonds is 4. The van der Waals surface area contributed by atoms with Crippen LogP contribution < -0.4 is 10.2 Å². The molecule has 0 radical (unpaired) electrons. The second kappa shape index (κ2) is 5.39. The van der Waals surface area contributed by atoms with Gasteiger partial charge in [0.15, 0.2) is 0 Å². The van der Waals surface area contributed by atoms with Gasteiger partial charge in [0.25, 0.3) is 0 Å². The average Bonchev–Trinajstić information content (AvgIpc) is 2.59. The predicted octanol–water partition coefficient (Wildman–Crippen LogP) is 2.14. The molecule has 1 aliphatic rings. The van der Waals surface area contributed by atoms with Gasteiger partial charge in [0.1, 0.15) is 5.75 Å². The van der Waals surface area contributed by atoms with Gasteiger partial charge < -0.3 is 18.8 Å². The van der Waals surface area contributed by atoms with Gasteiger partial charge in [-0.25, -0.2) is 0 Å². The van der Waals surface area contributed by atoms with Crippen LogP contribution in [0.3, 0.4) is 0 Å². The first-order valence-electron chi connectivity index (χ1n) is 6.82. The summed E-state index contributed by atoms with van der Waals surface area (Å²) in [4.78, 5) is 0. The van der Waals surface area contributed by atoms with Gasteiger partial charge in [-0.15, -0.1) is 0 Å². The van der Waals surface area contributed by atoms with Gasteiger partial charge in [0.2, 0.25) is 0 Å². The summed E-state index contributed by atoms with van der Waals surface area (Å²) in [5.41, 5.74) is 1.25. The highest BCUT2D eigenvalue weighted by Gasteiger charge is 2.52. The maximum atomic E-state index is 6.08. The Morgan fingerprint density at radius 1 is 1.05 bits per heavy atom. The van der Waals surface area contributed by atoms with E-state index in [9.17, 15) is 0 Å². The molecular formula is C15H23BO4. The normalized spacial score (nSPS) is 20.2. The quantitative estimate of drug-likeness (QED) is 0.791. The molecule has 4 nitrogen and oxygen atoms in total. The first-order valence-corrected chi connectivity index (χ1v) is 6.82. The first kappa shape index (κ1) is 15.4. The zero-order valence-corrected chi connectivity index (χ0v) is 13.1. The summed E-state index contributed by atoms with van der Waals surface area (Å²) < 4.78 is 22.8. The Morgan fingerprint density at radius 3 is 2.15 bits per heavy atom. The summed E-state index contributed by atoms with van der Waals surface area (Å²) in [6, 6.07) is 5.93. The summed E-state index contributed by atoms with van der Waals surface area (Å²) in [5, 5.41) is 0. The van der Waals surface area contributed by atoms with Crippen molar-refractivity contribution in [1.82, 2.24) is 0 Å². The Labute approximate surface area is 121 Å². The molecule has 0 saturated carbocycles. The third-order valence-corrected chi connectivity index (χ3v) is 4.11. The monoisotopic (exact) mass is 278 g/mol. The Balaban J connectivity index is 2.35. The van der Waals surface area contributed by atoms with Gasteiger partial charge >= 0.3 is 7.12 Å². The molecule has 1 aromatic carbocycles. The summed E-state index contributed by atoms with van der Waals surface area (Å²) in [5.74, 6) is 0.767. The van der Waals surface area contributed by atoms with Gasteiger partial charge in [-0.3, -0.25) is 0 Å². The van der Waals surface area contributed by atoms with Crippen molar-refractivity contribution < 1.29 is 18.8 Å². The fourth-order valence-corrected chi connectivity index (χ4v) is 2.19. The van der Waals surface area contributed by atoms with Gasteiger partial charge in [-0.05, 0) is 39.3 Å². The molecule has 0 N–H and O–H groups in total. The zero-order chi connectivity index (χ0) is 15.0. The SMILES string of the molecule is COCc1ccc(OC)c(B2OC(C)(C)C(C)(C)O2)c1. The van der Waals surface area contributed by atoms with Gasteiger partial charge in [0, 0.05) is 12.6 Å². The van der Waals surface area contributed by atoms with E-state index in [0.29, 0.717) is 6.61 Å². The molecule has 5 heteroatoms. The lowest BCUT2D eigenvalue weighted by molar-refractivity contribution is 0.00578. The molecule has 1 aliphatic heterocycles. The molecule has 0 amide bonds. The van der Waals surface area contributed by atoms with Crippen LogP contribution in [-0.4, -0.2) is 32.5 Å². The lowest BCUT2D eigenvalue weighted by atomic mass is 9.77. The van der Waals surface area contributed by atoms with Crippen molar-refractivity contribution >= 4 is 12.6 Å². The van der Waals surface area contributed by atoms with Crippen LogP contribution in [0.4, 0.5) is 0 Å². The summed E-state index contributed by atoms with van der Waals surface area (Å²) in [6.07, 6.45) is 0. The molecule has 0 bridgehead atoms.